The first-order valence-electron chi connectivity index (χ1n) is 9.76. The number of methoxy groups -OCH3 is 1. The molecular weight excluding hydrogens is 356 g/mol. The average molecular weight is 380 g/mol. The van der Waals surface area contributed by atoms with Gasteiger partial charge in [-0.15, -0.1) is 0 Å². The highest BCUT2D eigenvalue weighted by Crippen LogP contribution is 2.36. The zero-order valence-corrected chi connectivity index (χ0v) is 16.2. The van der Waals surface area contributed by atoms with Crippen LogP contribution in [0.15, 0.2) is 24.9 Å². The fraction of sp³-hybridized carbons (Fsp3) is 0.526. The summed E-state index contributed by atoms with van der Waals surface area (Å²) in [6.45, 7) is 1.91. The summed E-state index contributed by atoms with van der Waals surface area (Å²) in [6.07, 6.45) is 9.68. The van der Waals surface area contributed by atoms with Gasteiger partial charge < -0.3 is 14.5 Å². The van der Waals surface area contributed by atoms with Crippen molar-refractivity contribution >= 4 is 22.7 Å². The molecule has 146 valence electrons. The molecule has 9 heteroatoms. The lowest BCUT2D eigenvalue weighted by Gasteiger charge is -2.40. The highest BCUT2D eigenvalue weighted by atomic mass is 16.5. The molecule has 4 heterocycles. The zero-order chi connectivity index (χ0) is 19.1. The lowest BCUT2D eigenvalue weighted by molar-refractivity contribution is 0.395. The first kappa shape index (κ1) is 17.2. The van der Waals surface area contributed by atoms with Crippen LogP contribution in [0.4, 0.5) is 11.6 Å². The van der Waals surface area contributed by atoms with Crippen molar-refractivity contribution in [2.45, 2.75) is 37.8 Å². The lowest BCUT2D eigenvalue weighted by atomic mass is 10.0. The minimum Gasteiger partial charge on any atom is -0.481 e. The van der Waals surface area contributed by atoms with Gasteiger partial charge in [-0.3, -0.25) is 4.68 Å². The summed E-state index contributed by atoms with van der Waals surface area (Å²) in [7, 11) is 3.56. The maximum Gasteiger partial charge on any atom is 0.218 e. The van der Waals surface area contributed by atoms with E-state index in [-0.39, 0.29) is 0 Å². The number of nitrogens with zero attached hydrogens (tertiary/aromatic N) is 8. The van der Waals surface area contributed by atoms with E-state index in [9.17, 15) is 0 Å². The van der Waals surface area contributed by atoms with Gasteiger partial charge in [0.1, 0.15) is 24.3 Å². The molecule has 3 aromatic heterocycles. The molecule has 28 heavy (non-hydrogen) atoms. The van der Waals surface area contributed by atoms with E-state index >= 15 is 0 Å². The van der Waals surface area contributed by atoms with Gasteiger partial charge in [0.15, 0.2) is 5.65 Å². The summed E-state index contributed by atoms with van der Waals surface area (Å²) in [4.78, 5) is 22.4. The Morgan fingerprint density at radius 3 is 2.50 bits per heavy atom. The molecule has 0 unspecified atom stereocenters. The molecular formula is C19H24N8O. The van der Waals surface area contributed by atoms with Crippen molar-refractivity contribution in [1.29, 1.82) is 0 Å². The zero-order valence-electron chi connectivity index (χ0n) is 16.2. The number of ether oxygens (including phenoxy) is 1. The van der Waals surface area contributed by atoms with Gasteiger partial charge in [-0.1, -0.05) is 0 Å². The molecule has 2 fully saturated rings. The minimum absolute atomic E-state index is 0.467. The number of hydrogen-bond donors (Lipinski definition) is 0. The minimum atomic E-state index is 0.467. The fourth-order valence-corrected chi connectivity index (χ4v) is 4.17. The molecule has 1 saturated heterocycles. The van der Waals surface area contributed by atoms with Crippen molar-refractivity contribution in [1.82, 2.24) is 29.7 Å². The van der Waals surface area contributed by atoms with Crippen molar-refractivity contribution in [3.8, 4) is 5.88 Å². The highest BCUT2D eigenvalue weighted by Gasteiger charge is 2.37. The van der Waals surface area contributed by atoms with Crippen molar-refractivity contribution in [3.63, 3.8) is 0 Å². The van der Waals surface area contributed by atoms with Gasteiger partial charge in [-0.25, -0.2) is 19.9 Å². The van der Waals surface area contributed by atoms with Crippen LogP contribution in [0.5, 0.6) is 5.88 Å². The van der Waals surface area contributed by atoms with E-state index in [1.165, 1.54) is 12.8 Å². The summed E-state index contributed by atoms with van der Waals surface area (Å²) < 4.78 is 7.10. The molecule has 0 radical (unpaired) electrons. The largest absolute Gasteiger partial charge is 0.481 e. The topological polar surface area (TPSA) is 85.1 Å². The number of rotatable bonds is 5. The van der Waals surface area contributed by atoms with Crippen LogP contribution in [0.3, 0.4) is 0 Å². The van der Waals surface area contributed by atoms with E-state index in [0.29, 0.717) is 18.0 Å². The van der Waals surface area contributed by atoms with Crippen molar-refractivity contribution in [3.05, 3.63) is 24.9 Å². The molecule has 5 rings (SSSR count). The monoisotopic (exact) mass is 380 g/mol. The molecule has 2 aliphatic rings. The van der Waals surface area contributed by atoms with Gasteiger partial charge in [0.05, 0.1) is 18.7 Å². The Labute approximate surface area is 163 Å². The number of fused-ring (bicyclic) bond motifs is 1. The van der Waals surface area contributed by atoms with Crippen molar-refractivity contribution in [2.75, 3.05) is 30.0 Å². The van der Waals surface area contributed by atoms with E-state index in [4.69, 9.17) is 4.74 Å². The molecule has 0 N–H and O–H groups in total. The second kappa shape index (κ2) is 6.88. The normalized spacial score (nSPS) is 17.9. The third-order valence-electron chi connectivity index (χ3n) is 5.71. The summed E-state index contributed by atoms with van der Waals surface area (Å²) in [5.41, 5.74) is 0.875. The van der Waals surface area contributed by atoms with E-state index in [2.05, 4.69) is 34.8 Å². The van der Waals surface area contributed by atoms with Gasteiger partial charge in [-0.2, -0.15) is 5.10 Å². The van der Waals surface area contributed by atoms with Crippen LogP contribution in [0.1, 0.15) is 25.7 Å². The third kappa shape index (κ3) is 3.00. The Morgan fingerprint density at radius 1 is 1.00 bits per heavy atom. The van der Waals surface area contributed by atoms with Gasteiger partial charge in [0.2, 0.25) is 5.88 Å². The standard InChI is InChI=1S/C19H24N8O/c1-25-18-15(10-24-25)19(23-12-22-18)26-7-5-14(6-8-26)27(13-3-4-13)16-9-17(28-2)21-11-20-16/h9-14H,3-8H2,1-2H3. The van der Waals surface area contributed by atoms with E-state index in [0.717, 1.165) is 48.6 Å². The molecule has 1 aliphatic heterocycles. The summed E-state index contributed by atoms with van der Waals surface area (Å²) in [5, 5.41) is 5.35. The number of aromatic nitrogens is 6. The second-order valence-electron chi connectivity index (χ2n) is 7.48. The molecule has 0 aromatic carbocycles. The third-order valence-corrected chi connectivity index (χ3v) is 5.71. The molecule has 0 bridgehead atoms. The molecule has 1 aliphatic carbocycles. The SMILES string of the molecule is COc1cc(N(C2CC2)C2CCN(c3ncnc4c3cnn4C)CC2)ncn1. The van der Waals surface area contributed by atoms with E-state index < -0.39 is 0 Å². The van der Waals surface area contributed by atoms with Crippen LogP contribution >= 0.6 is 0 Å². The van der Waals surface area contributed by atoms with Crippen LogP contribution in [0.2, 0.25) is 0 Å². The molecule has 1 saturated carbocycles. The van der Waals surface area contributed by atoms with Gasteiger partial charge in [0, 0.05) is 38.3 Å². The van der Waals surface area contributed by atoms with Crippen LogP contribution in [0.25, 0.3) is 11.0 Å². The summed E-state index contributed by atoms with van der Waals surface area (Å²) in [5.74, 6) is 2.58. The quantitative estimate of drug-likeness (QED) is 0.662. The van der Waals surface area contributed by atoms with Gasteiger partial charge in [0.25, 0.3) is 0 Å². The Kier molecular flexibility index (Phi) is 4.22. The van der Waals surface area contributed by atoms with Crippen LogP contribution in [-0.4, -0.2) is 62.0 Å². The second-order valence-corrected chi connectivity index (χ2v) is 7.48. The average Bonchev–Trinajstić information content (AvgIpc) is 3.50. The smallest absolute Gasteiger partial charge is 0.218 e. The Bertz CT molecular complexity index is 977. The summed E-state index contributed by atoms with van der Waals surface area (Å²) >= 11 is 0. The number of hydrogen-bond acceptors (Lipinski definition) is 8. The first-order chi connectivity index (χ1) is 13.7. The fourth-order valence-electron chi connectivity index (χ4n) is 4.17. The van der Waals surface area contributed by atoms with Gasteiger partial charge in [-0.05, 0) is 25.7 Å². The molecule has 9 nitrogen and oxygen atoms in total. The first-order valence-corrected chi connectivity index (χ1v) is 9.76. The predicted octanol–water partition coefficient (Wildman–Crippen LogP) is 1.80. The molecule has 0 spiro atoms. The maximum atomic E-state index is 5.30. The van der Waals surface area contributed by atoms with E-state index in [1.54, 1.807) is 24.4 Å². The molecule has 0 atom stereocenters. The molecule has 0 amide bonds. The Balaban J connectivity index is 1.35. The van der Waals surface area contributed by atoms with Crippen molar-refractivity contribution < 1.29 is 4.74 Å². The molecule has 3 aromatic rings. The highest BCUT2D eigenvalue weighted by molar-refractivity contribution is 5.86. The summed E-state index contributed by atoms with van der Waals surface area (Å²) in [6, 6.07) is 3.00. The Hall–Kier alpha value is -2.97. The maximum absolute atomic E-state index is 5.30. The number of anilines is 2. The van der Waals surface area contributed by atoms with Crippen LogP contribution in [0, 0.1) is 0 Å². The van der Waals surface area contributed by atoms with Crippen LogP contribution in [-0.2, 0) is 7.05 Å². The lowest BCUT2D eigenvalue weighted by Crippen LogP contribution is -2.46. The Morgan fingerprint density at radius 2 is 1.75 bits per heavy atom. The van der Waals surface area contributed by atoms with Gasteiger partial charge >= 0.3 is 0 Å². The predicted molar refractivity (Wildman–Crippen MR) is 106 cm³/mol. The van der Waals surface area contributed by atoms with Crippen LogP contribution < -0.4 is 14.5 Å². The number of aryl methyl sites for hydroxylation is 1. The number of piperidine rings is 1. The van der Waals surface area contributed by atoms with Crippen molar-refractivity contribution in [2.24, 2.45) is 7.05 Å². The van der Waals surface area contributed by atoms with E-state index in [1.807, 2.05) is 19.3 Å².